The number of nitrogens with one attached hydrogen (secondary N) is 1. The highest BCUT2D eigenvalue weighted by Crippen LogP contribution is 2.16. The molecule has 0 unspecified atom stereocenters. The number of carbonyl (C=O) groups excluding carboxylic acids is 1. The summed E-state index contributed by atoms with van der Waals surface area (Å²) in [7, 11) is 2.19. The van der Waals surface area contributed by atoms with E-state index >= 15 is 0 Å². The van der Waals surface area contributed by atoms with E-state index in [1.165, 1.54) is 12.1 Å². The van der Waals surface area contributed by atoms with Gasteiger partial charge in [0.25, 0.3) is 5.91 Å². The highest BCUT2D eigenvalue weighted by atomic mass is 19.1. The molecule has 1 aliphatic heterocycles. The largest absolute Gasteiger partial charge is 0.462 e. The fourth-order valence-electron chi connectivity index (χ4n) is 3.37. The molecule has 1 aliphatic rings. The predicted molar refractivity (Wildman–Crippen MR) is 123 cm³/mol. The summed E-state index contributed by atoms with van der Waals surface area (Å²) in [5, 5.41) is 2.98. The summed E-state index contributed by atoms with van der Waals surface area (Å²) in [6.07, 6.45) is 3.70. The van der Waals surface area contributed by atoms with E-state index in [1.807, 2.05) is 38.1 Å². The average Bonchev–Trinajstić information content (AvgIpc) is 2.79. The Morgan fingerprint density at radius 1 is 1.12 bits per heavy atom. The third-order valence-corrected chi connectivity index (χ3v) is 5.53. The van der Waals surface area contributed by atoms with Crippen LogP contribution in [0.5, 0.6) is 5.75 Å². The molecule has 1 aromatic carbocycles. The molecule has 0 saturated carbocycles. The van der Waals surface area contributed by atoms with Crippen molar-refractivity contribution in [2.45, 2.75) is 13.8 Å². The highest BCUT2D eigenvalue weighted by Gasteiger charge is 2.24. The van der Waals surface area contributed by atoms with E-state index in [4.69, 9.17) is 9.47 Å². The van der Waals surface area contributed by atoms with Crippen LogP contribution in [0.3, 0.4) is 0 Å². The first-order valence-electron chi connectivity index (χ1n) is 10.8. The quantitative estimate of drug-likeness (QED) is 0.385. The van der Waals surface area contributed by atoms with Crippen molar-refractivity contribution in [3.63, 3.8) is 0 Å². The fourth-order valence-corrected chi connectivity index (χ4v) is 3.37. The van der Waals surface area contributed by atoms with Crippen LogP contribution in [0.1, 0.15) is 30.0 Å². The van der Waals surface area contributed by atoms with Crippen molar-refractivity contribution in [3.05, 3.63) is 77.6 Å². The number of hydrogen-bond donors (Lipinski definition) is 1. The number of quaternary nitrogens is 1. The van der Waals surface area contributed by atoms with Gasteiger partial charge in [0.1, 0.15) is 36.1 Å². The molecule has 0 radical (unpaired) electrons. The molecule has 7 heteroatoms. The van der Waals surface area contributed by atoms with Crippen molar-refractivity contribution in [1.29, 1.82) is 0 Å². The van der Waals surface area contributed by atoms with Gasteiger partial charge < -0.3 is 19.3 Å². The molecule has 1 aromatic heterocycles. The Hall–Kier alpha value is -3.03. The van der Waals surface area contributed by atoms with Gasteiger partial charge in [0.2, 0.25) is 0 Å². The van der Waals surface area contributed by atoms with Gasteiger partial charge in [-0.2, -0.15) is 0 Å². The number of likely N-dealkylation sites (N-methyl/N-ethyl adjacent to an activating group) is 1. The van der Waals surface area contributed by atoms with Gasteiger partial charge in [-0.25, -0.2) is 9.37 Å². The van der Waals surface area contributed by atoms with E-state index in [0.717, 1.165) is 48.6 Å². The number of rotatable bonds is 8. The summed E-state index contributed by atoms with van der Waals surface area (Å²) in [5.41, 5.74) is 2.01. The molecular weight excluding hydrogens is 409 g/mol. The minimum Gasteiger partial charge on any atom is -0.462 e. The molecule has 1 saturated heterocycles. The van der Waals surface area contributed by atoms with E-state index < -0.39 is 0 Å². The van der Waals surface area contributed by atoms with Crippen molar-refractivity contribution in [3.8, 4) is 5.75 Å². The smallest absolute Gasteiger partial charge is 0.270 e. The summed E-state index contributed by atoms with van der Waals surface area (Å²) in [4.78, 5) is 17.1. The maximum Gasteiger partial charge on any atom is 0.270 e. The Morgan fingerprint density at radius 2 is 1.81 bits per heavy atom. The van der Waals surface area contributed by atoms with Crippen molar-refractivity contribution in [1.82, 2.24) is 10.3 Å². The Labute approximate surface area is 189 Å². The zero-order valence-corrected chi connectivity index (χ0v) is 18.9. The molecule has 3 rings (SSSR count). The van der Waals surface area contributed by atoms with Crippen molar-refractivity contribution in [2.75, 3.05) is 46.4 Å². The SMILES string of the molecule is CC(=CC=C(C)c1cccc(C(=O)NCC[N+]2(C)CCOCC2)n1)Oc1ccc(F)cc1. The molecular formula is C25H31FN3O3+. The zero-order valence-electron chi connectivity index (χ0n) is 18.9. The predicted octanol–water partition coefficient (Wildman–Crippen LogP) is 3.81. The molecule has 6 nitrogen and oxygen atoms in total. The lowest BCUT2D eigenvalue weighted by Gasteiger charge is -2.37. The third kappa shape index (κ3) is 7.00. The standard InChI is InChI=1S/C25H30FN3O3/c1-19(7-8-20(2)32-22-11-9-21(26)10-12-22)23-5-4-6-24(28-23)25(30)27-13-14-29(3)15-17-31-18-16-29/h4-12H,13-18H2,1-3H3/p+1. The van der Waals surface area contributed by atoms with Crippen molar-refractivity contribution in [2.24, 2.45) is 0 Å². The second kappa shape index (κ2) is 11.0. The van der Waals surface area contributed by atoms with Gasteiger partial charge in [-0.1, -0.05) is 12.1 Å². The first-order valence-corrected chi connectivity index (χ1v) is 10.8. The monoisotopic (exact) mass is 440 g/mol. The lowest BCUT2D eigenvalue weighted by molar-refractivity contribution is -0.915. The zero-order chi connectivity index (χ0) is 23.0. The number of allylic oxidation sites excluding steroid dienone is 4. The van der Waals surface area contributed by atoms with Crippen LogP contribution in [0.2, 0.25) is 0 Å². The third-order valence-electron chi connectivity index (χ3n) is 5.53. The average molecular weight is 441 g/mol. The lowest BCUT2D eigenvalue weighted by atomic mass is 10.1. The molecule has 1 fully saturated rings. The number of benzene rings is 1. The maximum atomic E-state index is 13.0. The number of pyridine rings is 1. The van der Waals surface area contributed by atoms with E-state index in [2.05, 4.69) is 17.3 Å². The topological polar surface area (TPSA) is 60.5 Å². The van der Waals surface area contributed by atoms with Gasteiger partial charge in [0, 0.05) is 0 Å². The number of halogens is 1. The second-order valence-electron chi connectivity index (χ2n) is 8.25. The van der Waals surface area contributed by atoms with Crippen LogP contribution in [0, 0.1) is 5.82 Å². The van der Waals surface area contributed by atoms with Gasteiger partial charge in [0.15, 0.2) is 0 Å². The van der Waals surface area contributed by atoms with Crippen LogP contribution in [0.15, 0.2) is 60.4 Å². The van der Waals surface area contributed by atoms with E-state index in [0.29, 0.717) is 23.7 Å². The van der Waals surface area contributed by atoms with Crippen LogP contribution >= 0.6 is 0 Å². The number of ether oxygens (including phenoxy) is 2. The molecule has 1 amide bonds. The molecule has 0 spiro atoms. The molecule has 2 heterocycles. The van der Waals surface area contributed by atoms with Gasteiger partial charge in [0.05, 0.1) is 39.0 Å². The Bertz CT molecular complexity index is 980. The molecule has 170 valence electrons. The molecule has 2 aromatic rings. The number of carbonyl (C=O) groups is 1. The number of morpholine rings is 1. The lowest BCUT2D eigenvalue weighted by Crippen LogP contribution is -2.54. The van der Waals surface area contributed by atoms with Gasteiger partial charge >= 0.3 is 0 Å². The Kier molecular flexibility index (Phi) is 8.14. The summed E-state index contributed by atoms with van der Waals surface area (Å²) < 4.78 is 25.0. The van der Waals surface area contributed by atoms with E-state index in [1.54, 1.807) is 18.2 Å². The summed E-state index contributed by atoms with van der Waals surface area (Å²) in [6.45, 7) is 8.67. The van der Waals surface area contributed by atoms with E-state index in [-0.39, 0.29) is 11.7 Å². The van der Waals surface area contributed by atoms with Crippen molar-refractivity contribution < 1.29 is 23.1 Å². The highest BCUT2D eigenvalue weighted by molar-refractivity contribution is 5.92. The van der Waals surface area contributed by atoms with Gasteiger partial charge in [-0.15, -0.1) is 0 Å². The van der Waals surface area contributed by atoms with Crippen LogP contribution in [-0.4, -0.2) is 61.8 Å². The second-order valence-corrected chi connectivity index (χ2v) is 8.25. The summed E-state index contributed by atoms with van der Waals surface area (Å²) in [6, 6.07) is 11.3. The van der Waals surface area contributed by atoms with Crippen LogP contribution in [0.4, 0.5) is 4.39 Å². The number of nitrogens with zero attached hydrogens (tertiary/aromatic N) is 2. The maximum absolute atomic E-state index is 13.0. The minimum atomic E-state index is -0.304. The van der Waals surface area contributed by atoms with Gasteiger partial charge in [-0.3, -0.25) is 4.79 Å². The Balaban J connectivity index is 1.57. The number of amides is 1. The minimum absolute atomic E-state index is 0.175. The molecule has 0 aliphatic carbocycles. The number of hydrogen-bond acceptors (Lipinski definition) is 4. The molecule has 0 bridgehead atoms. The molecule has 1 N–H and O–H groups in total. The van der Waals surface area contributed by atoms with Crippen LogP contribution < -0.4 is 10.1 Å². The normalized spacial score (nSPS) is 16.5. The van der Waals surface area contributed by atoms with Crippen LogP contribution in [0.25, 0.3) is 5.57 Å². The number of aromatic nitrogens is 1. The first kappa shape index (κ1) is 23.6. The van der Waals surface area contributed by atoms with E-state index in [9.17, 15) is 9.18 Å². The van der Waals surface area contributed by atoms with Crippen molar-refractivity contribution >= 4 is 11.5 Å². The Morgan fingerprint density at radius 3 is 2.53 bits per heavy atom. The molecule has 0 atom stereocenters. The van der Waals surface area contributed by atoms with Gasteiger partial charge in [-0.05, 0) is 61.9 Å². The summed E-state index contributed by atoms with van der Waals surface area (Å²) in [5.74, 6) is 0.744. The fraction of sp³-hybridized carbons (Fsp3) is 0.360. The first-order chi connectivity index (χ1) is 15.3. The van der Waals surface area contributed by atoms with Crippen LogP contribution in [-0.2, 0) is 4.74 Å². The summed E-state index contributed by atoms with van der Waals surface area (Å²) >= 11 is 0. The molecule has 32 heavy (non-hydrogen) atoms.